The van der Waals surface area contributed by atoms with Crippen molar-refractivity contribution in [2.45, 2.75) is 6.92 Å². The van der Waals surface area contributed by atoms with Crippen LogP contribution in [-0.2, 0) is 0 Å². The highest BCUT2D eigenvalue weighted by Gasteiger charge is 1.98. The normalized spacial score (nSPS) is 10.8. The highest BCUT2D eigenvalue weighted by molar-refractivity contribution is 5.49. The van der Waals surface area contributed by atoms with Crippen LogP contribution in [0.15, 0.2) is 24.3 Å². The first-order valence-electron chi connectivity index (χ1n) is 3.32. The molecule has 1 rings (SSSR count). The van der Waals surface area contributed by atoms with Gasteiger partial charge in [-0.15, -0.1) is 0 Å². The fourth-order valence-corrected chi connectivity index (χ4v) is 0.816. The number of allylic oxidation sites excluding steroid dienone is 1. The van der Waals surface area contributed by atoms with Gasteiger partial charge in [-0.05, 0) is 19.1 Å². The van der Waals surface area contributed by atoms with E-state index in [0.717, 1.165) is 6.07 Å². The first-order chi connectivity index (χ1) is 5.24. The molecule has 11 heavy (non-hydrogen) atoms. The van der Waals surface area contributed by atoms with Crippen LogP contribution in [0.5, 0.6) is 0 Å². The molecule has 1 aromatic carbocycles. The van der Waals surface area contributed by atoms with Crippen molar-refractivity contribution >= 4 is 6.08 Å². The van der Waals surface area contributed by atoms with Gasteiger partial charge in [0.05, 0.1) is 0 Å². The second-order valence-corrected chi connectivity index (χ2v) is 2.17. The molecule has 0 heterocycles. The standard InChI is InChI=1S/C9H8F2/c1-2-3-7-4-5-8(10)6-9(7)11/h2-6H,1H3/b3-2+. The molecule has 58 valence electrons. The fourth-order valence-electron chi connectivity index (χ4n) is 0.816. The average molecular weight is 154 g/mol. The molecule has 2 heteroatoms. The third kappa shape index (κ3) is 1.87. The minimum atomic E-state index is -0.546. The molecule has 0 aliphatic heterocycles. The number of hydrogen-bond donors (Lipinski definition) is 0. The van der Waals surface area contributed by atoms with E-state index in [1.54, 1.807) is 19.1 Å². The van der Waals surface area contributed by atoms with Crippen LogP contribution < -0.4 is 0 Å². The van der Waals surface area contributed by atoms with Crippen molar-refractivity contribution in [2.24, 2.45) is 0 Å². The molecular formula is C9H8F2. The van der Waals surface area contributed by atoms with Gasteiger partial charge in [-0.2, -0.15) is 0 Å². The molecule has 0 aliphatic rings. The lowest BCUT2D eigenvalue weighted by atomic mass is 10.2. The summed E-state index contributed by atoms with van der Waals surface area (Å²) in [5.74, 6) is -1.07. The maximum Gasteiger partial charge on any atom is 0.133 e. The molecule has 0 spiro atoms. The highest BCUT2D eigenvalue weighted by atomic mass is 19.1. The van der Waals surface area contributed by atoms with Crippen molar-refractivity contribution in [1.29, 1.82) is 0 Å². The molecule has 0 amide bonds. The summed E-state index contributed by atoms with van der Waals surface area (Å²) in [6.45, 7) is 1.78. The van der Waals surface area contributed by atoms with Gasteiger partial charge in [0, 0.05) is 11.6 Å². The van der Waals surface area contributed by atoms with Crippen molar-refractivity contribution in [1.82, 2.24) is 0 Å². The van der Waals surface area contributed by atoms with E-state index in [1.165, 1.54) is 12.1 Å². The van der Waals surface area contributed by atoms with Gasteiger partial charge in [-0.1, -0.05) is 12.2 Å². The van der Waals surface area contributed by atoms with Gasteiger partial charge in [0.25, 0.3) is 0 Å². The van der Waals surface area contributed by atoms with Crippen LogP contribution >= 0.6 is 0 Å². The Balaban J connectivity index is 3.09. The Morgan fingerprint density at radius 1 is 1.27 bits per heavy atom. The van der Waals surface area contributed by atoms with Crippen LogP contribution in [0.3, 0.4) is 0 Å². The molecule has 0 nitrogen and oxygen atoms in total. The maximum absolute atomic E-state index is 12.7. The third-order valence-corrected chi connectivity index (χ3v) is 1.31. The van der Waals surface area contributed by atoms with Crippen molar-refractivity contribution < 1.29 is 8.78 Å². The lowest BCUT2D eigenvalue weighted by Crippen LogP contribution is -1.82. The summed E-state index contributed by atoms with van der Waals surface area (Å²) in [4.78, 5) is 0. The van der Waals surface area contributed by atoms with E-state index >= 15 is 0 Å². The summed E-state index contributed by atoms with van der Waals surface area (Å²) in [6.07, 6.45) is 3.30. The molecule has 0 atom stereocenters. The van der Waals surface area contributed by atoms with E-state index in [9.17, 15) is 8.78 Å². The molecule has 0 unspecified atom stereocenters. The number of rotatable bonds is 1. The second-order valence-electron chi connectivity index (χ2n) is 2.17. The summed E-state index contributed by atoms with van der Waals surface area (Å²) in [5.41, 5.74) is 0.411. The molecule has 1 aromatic rings. The monoisotopic (exact) mass is 154 g/mol. The Hall–Kier alpha value is -1.18. The Bertz CT molecular complexity index is 277. The van der Waals surface area contributed by atoms with E-state index in [0.29, 0.717) is 5.56 Å². The summed E-state index contributed by atoms with van der Waals surface area (Å²) in [5, 5.41) is 0. The highest BCUT2D eigenvalue weighted by Crippen LogP contribution is 2.10. The number of benzene rings is 1. The van der Waals surface area contributed by atoms with Crippen LogP contribution in [0.25, 0.3) is 6.08 Å². The molecular weight excluding hydrogens is 146 g/mol. The molecule has 0 radical (unpaired) electrons. The third-order valence-electron chi connectivity index (χ3n) is 1.31. The topological polar surface area (TPSA) is 0 Å². The fraction of sp³-hybridized carbons (Fsp3) is 0.111. The van der Waals surface area contributed by atoms with E-state index < -0.39 is 11.6 Å². The summed E-state index contributed by atoms with van der Waals surface area (Å²) in [6, 6.07) is 3.51. The smallest absolute Gasteiger partial charge is 0.133 e. The molecule has 0 saturated heterocycles. The summed E-state index contributed by atoms with van der Waals surface area (Å²) >= 11 is 0. The van der Waals surface area contributed by atoms with Gasteiger partial charge < -0.3 is 0 Å². The van der Waals surface area contributed by atoms with Gasteiger partial charge >= 0.3 is 0 Å². The van der Waals surface area contributed by atoms with Gasteiger partial charge in [-0.25, -0.2) is 8.78 Å². The molecule has 0 aromatic heterocycles. The lowest BCUT2D eigenvalue weighted by molar-refractivity contribution is 0.581. The predicted molar refractivity (Wildman–Crippen MR) is 41.1 cm³/mol. The van der Waals surface area contributed by atoms with Gasteiger partial charge in [0.2, 0.25) is 0 Å². The Morgan fingerprint density at radius 3 is 2.55 bits per heavy atom. The van der Waals surface area contributed by atoms with E-state index in [-0.39, 0.29) is 0 Å². The predicted octanol–water partition coefficient (Wildman–Crippen LogP) is 3.00. The van der Waals surface area contributed by atoms with Crippen LogP contribution in [0, 0.1) is 11.6 Å². The van der Waals surface area contributed by atoms with E-state index in [1.807, 2.05) is 0 Å². The minimum absolute atomic E-state index is 0.411. The molecule has 0 fully saturated rings. The van der Waals surface area contributed by atoms with Crippen molar-refractivity contribution in [3.63, 3.8) is 0 Å². The summed E-state index contributed by atoms with van der Waals surface area (Å²) < 4.78 is 25.1. The SMILES string of the molecule is C/C=C/c1ccc(F)cc1F. The zero-order valence-electron chi connectivity index (χ0n) is 6.14. The Labute approximate surface area is 64.2 Å². The largest absolute Gasteiger partial charge is 0.207 e. The zero-order chi connectivity index (χ0) is 8.27. The first-order valence-corrected chi connectivity index (χ1v) is 3.32. The zero-order valence-corrected chi connectivity index (χ0v) is 6.14. The van der Waals surface area contributed by atoms with Crippen molar-refractivity contribution in [2.75, 3.05) is 0 Å². The lowest BCUT2D eigenvalue weighted by Gasteiger charge is -1.94. The molecule has 0 aliphatic carbocycles. The number of hydrogen-bond acceptors (Lipinski definition) is 0. The molecule has 0 bridgehead atoms. The van der Waals surface area contributed by atoms with Crippen LogP contribution in [0.2, 0.25) is 0 Å². The Morgan fingerprint density at radius 2 is 2.00 bits per heavy atom. The maximum atomic E-state index is 12.7. The van der Waals surface area contributed by atoms with Crippen molar-refractivity contribution in [3.8, 4) is 0 Å². The van der Waals surface area contributed by atoms with E-state index in [2.05, 4.69) is 0 Å². The second kappa shape index (κ2) is 3.28. The van der Waals surface area contributed by atoms with Gasteiger partial charge in [0.15, 0.2) is 0 Å². The Kier molecular flexibility index (Phi) is 2.36. The molecule has 0 N–H and O–H groups in total. The van der Waals surface area contributed by atoms with E-state index in [4.69, 9.17) is 0 Å². The van der Waals surface area contributed by atoms with Crippen molar-refractivity contribution in [3.05, 3.63) is 41.5 Å². The van der Waals surface area contributed by atoms with Crippen LogP contribution in [0.1, 0.15) is 12.5 Å². The molecule has 0 saturated carbocycles. The minimum Gasteiger partial charge on any atom is -0.207 e. The van der Waals surface area contributed by atoms with Crippen LogP contribution in [-0.4, -0.2) is 0 Å². The van der Waals surface area contributed by atoms with Gasteiger partial charge in [-0.3, -0.25) is 0 Å². The quantitative estimate of drug-likeness (QED) is 0.583. The number of halogens is 2. The average Bonchev–Trinajstić information content (AvgIpc) is 1.95. The first kappa shape index (κ1) is 7.92. The van der Waals surface area contributed by atoms with Gasteiger partial charge in [0.1, 0.15) is 11.6 Å². The summed E-state index contributed by atoms with van der Waals surface area (Å²) in [7, 11) is 0. The van der Waals surface area contributed by atoms with Crippen LogP contribution in [0.4, 0.5) is 8.78 Å².